The molecule has 0 atom stereocenters. The standard InChI is InChI=1S/C14H12Cl2N2S/c1-7-12(10-5-4-9(15)6-11(10)16)17-13(8-2-3-8)18-14(7)19/h4-6,8H,2-3H2,1H3,(H,17,18,19). The number of aromatic amines is 1. The third-order valence-electron chi connectivity index (χ3n) is 3.34. The van der Waals surface area contributed by atoms with Crippen molar-refractivity contribution in [1.82, 2.24) is 9.97 Å². The topological polar surface area (TPSA) is 28.7 Å². The molecule has 0 spiro atoms. The van der Waals surface area contributed by atoms with Gasteiger partial charge in [0.1, 0.15) is 10.5 Å². The molecule has 1 saturated carbocycles. The molecule has 5 heteroatoms. The van der Waals surface area contributed by atoms with Crippen LogP contribution in [0, 0.1) is 11.6 Å². The van der Waals surface area contributed by atoms with Crippen molar-refractivity contribution >= 4 is 35.4 Å². The number of H-pyrrole nitrogens is 1. The Morgan fingerprint density at radius 3 is 2.68 bits per heavy atom. The number of aromatic nitrogens is 2. The summed E-state index contributed by atoms with van der Waals surface area (Å²) in [6, 6.07) is 5.48. The van der Waals surface area contributed by atoms with Crippen LogP contribution in [-0.4, -0.2) is 9.97 Å². The number of benzene rings is 1. The average Bonchev–Trinajstić information content (AvgIpc) is 3.17. The van der Waals surface area contributed by atoms with Gasteiger partial charge in [0, 0.05) is 22.1 Å². The van der Waals surface area contributed by atoms with Gasteiger partial charge < -0.3 is 4.98 Å². The first-order valence-corrected chi connectivity index (χ1v) is 7.29. The van der Waals surface area contributed by atoms with Gasteiger partial charge in [-0.25, -0.2) is 4.98 Å². The van der Waals surface area contributed by atoms with E-state index in [1.54, 1.807) is 6.07 Å². The van der Waals surface area contributed by atoms with Gasteiger partial charge in [-0.15, -0.1) is 0 Å². The van der Waals surface area contributed by atoms with Gasteiger partial charge in [-0.05, 0) is 38.0 Å². The highest BCUT2D eigenvalue weighted by atomic mass is 35.5. The zero-order valence-electron chi connectivity index (χ0n) is 10.3. The van der Waals surface area contributed by atoms with E-state index in [2.05, 4.69) is 9.97 Å². The highest BCUT2D eigenvalue weighted by Gasteiger charge is 2.27. The average molecular weight is 311 g/mol. The van der Waals surface area contributed by atoms with Crippen LogP contribution < -0.4 is 0 Å². The van der Waals surface area contributed by atoms with Gasteiger partial charge in [-0.3, -0.25) is 0 Å². The van der Waals surface area contributed by atoms with Crippen LogP contribution in [0.1, 0.15) is 30.1 Å². The Labute approximate surface area is 126 Å². The first-order valence-electron chi connectivity index (χ1n) is 6.12. The maximum atomic E-state index is 6.28. The van der Waals surface area contributed by atoms with E-state index in [1.807, 2.05) is 19.1 Å². The van der Waals surface area contributed by atoms with Crippen molar-refractivity contribution in [2.45, 2.75) is 25.7 Å². The molecule has 1 aliphatic carbocycles. The maximum absolute atomic E-state index is 6.28. The predicted molar refractivity (Wildman–Crippen MR) is 81.6 cm³/mol. The minimum atomic E-state index is 0.520. The third kappa shape index (κ3) is 2.55. The summed E-state index contributed by atoms with van der Waals surface area (Å²) in [6.07, 6.45) is 2.35. The van der Waals surface area contributed by atoms with E-state index >= 15 is 0 Å². The van der Waals surface area contributed by atoms with Crippen molar-refractivity contribution in [2.24, 2.45) is 0 Å². The fraction of sp³-hybridized carbons (Fsp3) is 0.286. The quantitative estimate of drug-likeness (QED) is 0.763. The molecule has 1 heterocycles. The Balaban J connectivity index is 2.20. The van der Waals surface area contributed by atoms with Crippen LogP contribution in [0.4, 0.5) is 0 Å². The predicted octanol–water partition coefficient (Wildman–Crippen LogP) is 5.30. The molecule has 0 bridgehead atoms. The molecule has 98 valence electrons. The summed E-state index contributed by atoms with van der Waals surface area (Å²) in [7, 11) is 0. The van der Waals surface area contributed by atoms with Crippen molar-refractivity contribution in [1.29, 1.82) is 0 Å². The molecule has 0 aliphatic heterocycles. The molecular weight excluding hydrogens is 299 g/mol. The lowest BCUT2D eigenvalue weighted by Gasteiger charge is -2.11. The fourth-order valence-electron chi connectivity index (χ4n) is 2.06. The number of hydrogen-bond acceptors (Lipinski definition) is 2. The molecule has 0 saturated heterocycles. The molecule has 2 aromatic rings. The number of halogens is 2. The summed E-state index contributed by atoms with van der Waals surface area (Å²) in [4.78, 5) is 7.84. The summed E-state index contributed by atoms with van der Waals surface area (Å²) in [5.74, 6) is 1.49. The number of hydrogen-bond donors (Lipinski definition) is 1. The highest BCUT2D eigenvalue weighted by Crippen LogP contribution is 2.39. The van der Waals surface area contributed by atoms with Crippen LogP contribution in [0.15, 0.2) is 18.2 Å². The Morgan fingerprint density at radius 2 is 2.05 bits per heavy atom. The third-order valence-corrected chi connectivity index (χ3v) is 4.28. The lowest BCUT2D eigenvalue weighted by molar-refractivity contribution is 0.914. The Bertz CT molecular complexity index is 705. The molecule has 1 aliphatic rings. The number of nitrogens with one attached hydrogen (secondary N) is 1. The van der Waals surface area contributed by atoms with Crippen LogP contribution in [0.2, 0.25) is 10.0 Å². The summed E-state index contributed by atoms with van der Waals surface area (Å²) >= 11 is 17.6. The maximum Gasteiger partial charge on any atom is 0.133 e. The van der Waals surface area contributed by atoms with Crippen LogP contribution in [0.5, 0.6) is 0 Å². The number of rotatable bonds is 2. The van der Waals surface area contributed by atoms with Gasteiger partial charge in [0.2, 0.25) is 0 Å². The van der Waals surface area contributed by atoms with Crippen molar-refractivity contribution in [3.63, 3.8) is 0 Å². The van der Waals surface area contributed by atoms with Crippen molar-refractivity contribution in [3.8, 4) is 11.3 Å². The first kappa shape index (κ1) is 13.1. The van der Waals surface area contributed by atoms with Gasteiger partial charge in [0.25, 0.3) is 0 Å². The Morgan fingerprint density at radius 1 is 1.32 bits per heavy atom. The zero-order valence-corrected chi connectivity index (χ0v) is 12.7. The van der Waals surface area contributed by atoms with Gasteiger partial charge in [0.15, 0.2) is 0 Å². The lowest BCUT2D eigenvalue weighted by Crippen LogP contribution is -1.99. The monoisotopic (exact) mass is 310 g/mol. The zero-order chi connectivity index (χ0) is 13.6. The summed E-state index contributed by atoms with van der Waals surface area (Å²) in [6.45, 7) is 1.96. The van der Waals surface area contributed by atoms with E-state index < -0.39 is 0 Å². The Kier molecular flexibility index (Phi) is 3.37. The van der Waals surface area contributed by atoms with Crippen molar-refractivity contribution in [3.05, 3.63) is 44.3 Å². The van der Waals surface area contributed by atoms with Crippen molar-refractivity contribution < 1.29 is 0 Å². The SMILES string of the molecule is Cc1c(-c2ccc(Cl)cc2Cl)[nH]c(C2CC2)nc1=S. The smallest absolute Gasteiger partial charge is 0.133 e. The second-order valence-corrected chi connectivity index (χ2v) is 6.06. The summed E-state index contributed by atoms with van der Waals surface area (Å²) in [5.41, 5.74) is 2.81. The molecule has 3 rings (SSSR count). The molecule has 1 aromatic heterocycles. The normalized spacial score (nSPS) is 14.7. The van der Waals surface area contributed by atoms with Crippen LogP contribution in [0.25, 0.3) is 11.3 Å². The summed E-state index contributed by atoms with van der Waals surface area (Å²) < 4.78 is 0.640. The van der Waals surface area contributed by atoms with E-state index in [4.69, 9.17) is 35.4 Å². The van der Waals surface area contributed by atoms with Gasteiger partial charge >= 0.3 is 0 Å². The van der Waals surface area contributed by atoms with E-state index in [1.165, 1.54) is 12.8 Å². The van der Waals surface area contributed by atoms with E-state index in [0.717, 1.165) is 22.6 Å². The molecule has 0 unspecified atom stereocenters. The van der Waals surface area contributed by atoms with E-state index in [0.29, 0.717) is 20.6 Å². The largest absolute Gasteiger partial charge is 0.343 e. The molecule has 19 heavy (non-hydrogen) atoms. The molecule has 1 N–H and O–H groups in total. The van der Waals surface area contributed by atoms with Gasteiger partial charge in [-0.1, -0.05) is 35.4 Å². The van der Waals surface area contributed by atoms with E-state index in [9.17, 15) is 0 Å². The molecule has 1 fully saturated rings. The fourth-order valence-corrected chi connectivity index (χ4v) is 2.77. The van der Waals surface area contributed by atoms with E-state index in [-0.39, 0.29) is 0 Å². The molecule has 0 radical (unpaired) electrons. The van der Waals surface area contributed by atoms with Gasteiger partial charge in [-0.2, -0.15) is 0 Å². The molecule has 0 amide bonds. The highest BCUT2D eigenvalue weighted by molar-refractivity contribution is 7.71. The first-order chi connectivity index (χ1) is 9.06. The minimum absolute atomic E-state index is 0.520. The molecular formula is C14H12Cl2N2S. The molecule has 1 aromatic carbocycles. The minimum Gasteiger partial charge on any atom is -0.343 e. The van der Waals surface area contributed by atoms with Crippen LogP contribution in [-0.2, 0) is 0 Å². The number of nitrogens with zero attached hydrogens (tertiary/aromatic N) is 1. The van der Waals surface area contributed by atoms with Crippen molar-refractivity contribution in [2.75, 3.05) is 0 Å². The van der Waals surface area contributed by atoms with Crippen LogP contribution in [0.3, 0.4) is 0 Å². The molecule has 2 nitrogen and oxygen atoms in total. The summed E-state index contributed by atoms with van der Waals surface area (Å²) in [5, 5.41) is 1.25. The second kappa shape index (κ2) is 4.89. The Hall–Kier alpha value is -0.900. The lowest BCUT2D eigenvalue weighted by atomic mass is 10.1. The van der Waals surface area contributed by atoms with Crippen LogP contribution >= 0.6 is 35.4 Å². The van der Waals surface area contributed by atoms with Gasteiger partial charge in [0.05, 0.1) is 10.7 Å². The second-order valence-electron chi connectivity index (χ2n) is 4.83.